The Bertz CT molecular complexity index is 950. The third-order valence-corrected chi connectivity index (χ3v) is 5.65. The maximum absolute atomic E-state index is 12.5. The number of rotatable bonds is 4. The maximum atomic E-state index is 12.5. The number of imidazole rings is 1. The van der Waals surface area contributed by atoms with Crippen molar-refractivity contribution in [2.75, 3.05) is 0 Å². The van der Waals surface area contributed by atoms with E-state index in [2.05, 4.69) is 9.29 Å². The highest BCUT2D eigenvalue weighted by Gasteiger charge is 2.36. The maximum Gasteiger partial charge on any atom is 0.478 e. The molecule has 0 saturated carbocycles. The Morgan fingerprint density at radius 1 is 0.913 bits per heavy atom. The van der Waals surface area contributed by atoms with Crippen LogP contribution in [0.4, 0.5) is 0 Å². The Morgan fingerprint density at radius 3 is 2.17 bits per heavy atom. The monoisotopic (exact) mass is 354 g/mol. The first kappa shape index (κ1) is 16.1. The first-order valence-corrected chi connectivity index (χ1v) is 9.47. The molecule has 0 radical (unpaired) electrons. The minimum Gasteiger partial charge on any atom is -0.307 e. The van der Waals surface area contributed by atoms with Crippen LogP contribution in [0.3, 0.4) is 0 Å². The summed E-state index contributed by atoms with van der Waals surface area (Å²) in [5, 5.41) is 0. The second-order valence-corrected chi connectivity index (χ2v) is 7.68. The molecule has 10 heteroatoms. The van der Waals surface area contributed by atoms with E-state index in [1.165, 1.54) is 6.07 Å². The molecule has 3 N–H and O–H groups in total. The molecule has 0 saturated heterocycles. The predicted molar refractivity (Wildman–Crippen MR) is 83.5 cm³/mol. The first-order chi connectivity index (χ1) is 10.8. The lowest BCUT2D eigenvalue weighted by molar-refractivity contribution is 0.260. The predicted octanol–water partition coefficient (Wildman–Crippen LogP) is 2.76. The van der Waals surface area contributed by atoms with Gasteiger partial charge in [0.25, 0.3) is 0 Å². The molecule has 8 nitrogen and oxygen atoms in total. The highest BCUT2D eigenvalue weighted by atomic mass is 31.3. The molecular weight excluding hydrogens is 342 g/mol. The molecule has 1 atom stereocenters. The van der Waals surface area contributed by atoms with Gasteiger partial charge in [0.1, 0.15) is 5.82 Å². The van der Waals surface area contributed by atoms with E-state index in [4.69, 9.17) is 9.79 Å². The summed E-state index contributed by atoms with van der Waals surface area (Å²) >= 11 is 0. The number of nitrogens with zero attached hydrogens (tertiary/aromatic N) is 2. The Morgan fingerprint density at radius 2 is 1.52 bits per heavy atom. The fourth-order valence-corrected chi connectivity index (χ4v) is 4.46. The topological polar surface area (TPSA) is 122 Å². The first-order valence-electron chi connectivity index (χ1n) is 6.41. The van der Waals surface area contributed by atoms with Crippen molar-refractivity contribution in [3.63, 3.8) is 0 Å². The van der Waals surface area contributed by atoms with Gasteiger partial charge in [-0.05, 0) is 12.1 Å². The molecule has 3 rings (SSSR count). The van der Waals surface area contributed by atoms with Gasteiger partial charge in [-0.2, -0.15) is 4.31 Å². The van der Waals surface area contributed by atoms with Gasteiger partial charge in [-0.3, -0.25) is 0 Å². The van der Waals surface area contributed by atoms with Crippen molar-refractivity contribution in [1.29, 1.82) is 0 Å². The second kappa shape index (κ2) is 5.69. The van der Waals surface area contributed by atoms with Crippen molar-refractivity contribution in [2.45, 2.75) is 0 Å². The van der Waals surface area contributed by atoms with Crippen LogP contribution in [-0.4, -0.2) is 24.0 Å². The van der Waals surface area contributed by atoms with Gasteiger partial charge in [-0.1, -0.05) is 42.5 Å². The van der Waals surface area contributed by atoms with E-state index in [1.54, 1.807) is 48.5 Å². The van der Waals surface area contributed by atoms with Crippen molar-refractivity contribution in [3.05, 3.63) is 54.6 Å². The molecule has 3 aromatic rings. The van der Waals surface area contributed by atoms with E-state index in [0.717, 1.165) is 4.34 Å². The molecule has 0 aliphatic carbocycles. The standard InChI is InChI=1S/C13H12N2O6P2/c16-22(17,21-23(18,19)20)15-12-9-5-4-8-11(12)14-13(15)10-6-2-1-3-7-10/h1-9H,(H,16,17)(H2,18,19,20). The molecule has 1 aromatic heterocycles. The Hall–Kier alpha value is -1.79. The third-order valence-electron chi connectivity index (χ3n) is 3.03. The third kappa shape index (κ3) is 3.28. The van der Waals surface area contributed by atoms with Gasteiger partial charge in [0, 0.05) is 5.56 Å². The molecule has 0 bridgehead atoms. The van der Waals surface area contributed by atoms with E-state index >= 15 is 0 Å². The van der Waals surface area contributed by atoms with E-state index < -0.39 is 15.6 Å². The molecule has 23 heavy (non-hydrogen) atoms. The van der Waals surface area contributed by atoms with Crippen molar-refractivity contribution < 1.29 is 28.1 Å². The fraction of sp³-hybridized carbons (Fsp3) is 0. The summed E-state index contributed by atoms with van der Waals surface area (Å²) in [6, 6.07) is 15.0. The van der Waals surface area contributed by atoms with Crippen molar-refractivity contribution in [2.24, 2.45) is 0 Å². The number of para-hydroxylation sites is 2. The summed E-state index contributed by atoms with van der Waals surface area (Å²) in [6.45, 7) is 0. The summed E-state index contributed by atoms with van der Waals surface area (Å²) < 4.78 is 28.5. The molecule has 0 spiro atoms. The molecule has 0 amide bonds. The SMILES string of the molecule is O=P(O)(O)OP(=O)(O)n1c(-c2ccccc2)nc2ccccc21. The number of fused-ring (bicyclic) bond motifs is 1. The highest BCUT2D eigenvalue weighted by Crippen LogP contribution is 2.59. The Balaban J connectivity index is 2.30. The molecule has 0 fully saturated rings. The molecule has 1 heterocycles. The molecule has 0 aliphatic heterocycles. The van der Waals surface area contributed by atoms with Crippen LogP contribution in [0.15, 0.2) is 54.6 Å². The van der Waals surface area contributed by atoms with Gasteiger partial charge in [-0.25, -0.2) is 18.5 Å². The summed E-state index contributed by atoms with van der Waals surface area (Å²) in [6.07, 6.45) is 0. The van der Waals surface area contributed by atoms with Crippen LogP contribution in [0.25, 0.3) is 22.4 Å². The average Bonchev–Trinajstić information content (AvgIpc) is 2.86. The largest absolute Gasteiger partial charge is 0.478 e. The highest BCUT2D eigenvalue weighted by molar-refractivity contribution is 7.62. The van der Waals surface area contributed by atoms with Crippen LogP contribution in [0.2, 0.25) is 0 Å². The number of hydrogen-bond donors (Lipinski definition) is 3. The molecule has 1 unspecified atom stereocenters. The smallest absolute Gasteiger partial charge is 0.307 e. The average molecular weight is 354 g/mol. The van der Waals surface area contributed by atoms with Crippen molar-refractivity contribution in [3.8, 4) is 11.4 Å². The fourth-order valence-electron chi connectivity index (χ4n) is 2.22. The molecule has 120 valence electrons. The van der Waals surface area contributed by atoms with E-state index in [9.17, 15) is 14.0 Å². The van der Waals surface area contributed by atoms with Gasteiger partial charge in [0.2, 0.25) is 0 Å². The van der Waals surface area contributed by atoms with Gasteiger partial charge >= 0.3 is 15.6 Å². The zero-order chi connectivity index (χ0) is 16.7. The van der Waals surface area contributed by atoms with Crippen molar-refractivity contribution in [1.82, 2.24) is 9.32 Å². The summed E-state index contributed by atoms with van der Waals surface area (Å²) in [5.41, 5.74) is 1.13. The number of aromatic nitrogens is 2. The number of benzene rings is 2. The van der Waals surface area contributed by atoms with Crippen LogP contribution in [0.5, 0.6) is 0 Å². The van der Waals surface area contributed by atoms with Crippen LogP contribution < -0.4 is 0 Å². The van der Waals surface area contributed by atoms with E-state index in [0.29, 0.717) is 11.1 Å². The normalized spacial score (nSPS) is 14.7. The second-order valence-electron chi connectivity index (χ2n) is 4.66. The number of phosphoric acid groups is 1. The van der Waals surface area contributed by atoms with Gasteiger partial charge in [-0.15, -0.1) is 0 Å². The van der Waals surface area contributed by atoms with Crippen molar-refractivity contribution >= 4 is 26.6 Å². The summed E-state index contributed by atoms with van der Waals surface area (Å²) in [4.78, 5) is 32.2. The number of hydrogen-bond acceptors (Lipinski definition) is 4. The van der Waals surface area contributed by atoms with Crippen LogP contribution in [0, 0.1) is 0 Å². The zero-order valence-corrected chi connectivity index (χ0v) is 13.3. The Labute approximate surface area is 130 Å². The van der Waals surface area contributed by atoms with Crippen LogP contribution >= 0.6 is 15.6 Å². The Kier molecular flexibility index (Phi) is 3.98. The minimum absolute atomic E-state index is 0.0751. The summed E-state index contributed by atoms with van der Waals surface area (Å²) in [5.74, 6) is 0.0751. The van der Waals surface area contributed by atoms with Gasteiger partial charge < -0.3 is 14.7 Å². The molecule has 0 aliphatic rings. The van der Waals surface area contributed by atoms with E-state index in [-0.39, 0.29) is 11.3 Å². The molecule has 2 aromatic carbocycles. The molecular formula is C13H12N2O6P2. The van der Waals surface area contributed by atoms with Gasteiger partial charge in [0.05, 0.1) is 11.0 Å². The van der Waals surface area contributed by atoms with Crippen LogP contribution in [0.1, 0.15) is 0 Å². The van der Waals surface area contributed by atoms with Gasteiger partial charge in [0.15, 0.2) is 0 Å². The summed E-state index contributed by atoms with van der Waals surface area (Å²) in [7, 11) is -10.1. The van der Waals surface area contributed by atoms with Crippen LogP contribution in [-0.2, 0) is 13.4 Å². The lowest BCUT2D eigenvalue weighted by Gasteiger charge is -2.16. The quantitative estimate of drug-likeness (QED) is 0.616. The van der Waals surface area contributed by atoms with E-state index in [1.807, 2.05) is 0 Å². The lowest BCUT2D eigenvalue weighted by Crippen LogP contribution is -2.02. The lowest BCUT2D eigenvalue weighted by atomic mass is 10.2. The zero-order valence-electron chi connectivity index (χ0n) is 11.6. The minimum atomic E-state index is -5.18.